The molecule has 2 fully saturated rings. The number of amides is 2. The van der Waals surface area contributed by atoms with Crippen LogP contribution < -0.4 is 5.73 Å². The van der Waals surface area contributed by atoms with Crippen LogP contribution >= 0.6 is 0 Å². The molecule has 10 heteroatoms. The van der Waals surface area contributed by atoms with Crippen molar-refractivity contribution in [2.24, 2.45) is 11.7 Å². The third kappa shape index (κ3) is 18.3. The zero-order chi connectivity index (χ0) is 27.8. The highest BCUT2D eigenvalue weighted by atomic mass is 16.6. The Kier molecular flexibility index (Phi) is 17.9. The number of ketones is 1. The standard InChI is InChI=1S/C13H23NO3.C10H20N2O2.2CH3B/c1-10(15)9-11-5-7-14(8-6-11)12(16)17-13(2,3)4;1-10(2,3)14-9(13)12-6-4-8(11)5-7-12;2*1-2/h11H,5-9H2,1-4H3;8H,4-7,11H2,1-3H3;2*1H3. The highest BCUT2D eigenvalue weighted by Gasteiger charge is 2.27. The van der Waals surface area contributed by atoms with Gasteiger partial charge in [-0.25, -0.2) is 9.59 Å². The van der Waals surface area contributed by atoms with E-state index in [1.165, 1.54) is 13.6 Å². The topological polar surface area (TPSA) is 102 Å². The highest BCUT2D eigenvalue weighted by Crippen LogP contribution is 2.22. The van der Waals surface area contributed by atoms with E-state index >= 15 is 0 Å². The van der Waals surface area contributed by atoms with Gasteiger partial charge in [-0.1, -0.05) is 13.6 Å². The Labute approximate surface area is 216 Å². The van der Waals surface area contributed by atoms with Crippen LogP contribution in [0.4, 0.5) is 9.59 Å². The van der Waals surface area contributed by atoms with Gasteiger partial charge >= 0.3 is 12.2 Å². The average molecular weight is 493 g/mol. The number of carbonyl (C=O) groups excluding carboxylic acids is 3. The molecule has 0 spiro atoms. The number of piperidine rings is 2. The van der Waals surface area contributed by atoms with Crippen molar-refractivity contribution in [3.63, 3.8) is 0 Å². The van der Waals surface area contributed by atoms with Crippen molar-refractivity contribution >= 4 is 33.7 Å². The average Bonchev–Trinajstić information content (AvgIpc) is 2.75. The molecule has 8 nitrogen and oxygen atoms in total. The fourth-order valence-electron chi connectivity index (χ4n) is 3.46. The molecule has 0 aromatic rings. The normalized spacial score (nSPS) is 16.9. The van der Waals surface area contributed by atoms with E-state index in [4.69, 9.17) is 15.2 Å². The first kappa shape index (κ1) is 35.5. The summed E-state index contributed by atoms with van der Waals surface area (Å²) < 4.78 is 10.6. The van der Waals surface area contributed by atoms with Gasteiger partial charge in [0.1, 0.15) is 17.0 Å². The van der Waals surface area contributed by atoms with E-state index in [-0.39, 0.29) is 24.0 Å². The van der Waals surface area contributed by atoms with Gasteiger partial charge in [0.15, 0.2) is 0 Å². The third-order valence-electron chi connectivity index (χ3n) is 5.03. The molecule has 0 atom stereocenters. The van der Waals surface area contributed by atoms with Crippen molar-refractivity contribution in [1.29, 1.82) is 0 Å². The molecular weight excluding hydrogens is 444 g/mol. The number of nitrogens with two attached hydrogens (primary N) is 1. The highest BCUT2D eigenvalue weighted by molar-refractivity contribution is 6.05. The van der Waals surface area contributed by atoms with Crippen LogP contribution in [0.3, 0.4) is 0 Å². The SMILES string of the molecule is CC(=O)CC1CCN(C(=O)OC(C)(C)C)CC1.CC(C)(C)OC(=O)N1CCC(N)CC1.[B]C.[B]C. The van der Waals surface area contributed by atoms with Crippen LogP contribution in [0.25, 0.3) is 0 Å². The number of hydrogen-bond acceptors (Lipinski definition) is 6. The van der Waals surface area contributed by atoms with Crippen molar-refractivity contribution in [3.05, 3.63) is 0 Å². The lowest BCUT2D eigenvalue weighted by Gasteiger charge is -2.33. The summed E-state index contributed by atoms with van der Waals surface area (Å²) in [5.74, 6) is 0.673. The predicted octanol–water partition coefficient (Wildman–Crippen LogP) is 4.36. The number of ether oxygens (including phenoxy) is 2. The summed E-state index contributed by atoms with van der Waals surface area (Å²) in [5.41, 5.74) is 4.90. The number of rotatable bonds is 2. The van der Waals surface area contributed by atoms with E-state index in [0.717, 1.165) is 38.8 Å². The summed E-state index contributed by atoms with van der Waals surface area (Å²) in [4.78, 5) is 37.8. The maximum atomic E-state index is 11.8. The summed E-state index contributed by atoms with van der Waals surface area (Å²) in [7, 11) is 9.00. The van der Waals surface area contributed by atoms with Gasteiger partial charge in [0.2, 0.25) is 0 Å². The fourth-order valence-corrected chi connectivity index (χ4v) is 3.46. The Morgan fingerprint density at radius 1 is 0.743 bits per heavy atom. The fraction of sp³-hybridized carbons (Fsp3) is 0.880. The molecule has 2 rings (SSSR count). The van der Waals surface area contributed by atoms with Crippen molar-refractivity contribution in [2.45, 2.75) is 111 Å². The van der Waals surface area contributed by atoms with E-state index in [0.29, 0.717) is 25.4 Å². The second-order valence-corrected chi connectivity index (χ2v) is 10.6. The van der Waals surface area contributed by atoms with E-state index in [1.54, 1.807) is 16.7 Å². The minimum Gasteiger partial charge on any atom is -0.444 e. The van der Waals surface area contributed by atoms with Crippen LogP contribution in [0.2, 0.25) is 13.6 Å². The van der Waals surface area contributed by atoms with Crippen molar-refractivity contribution < 1.29 is 23.9 Å². The summed E-state index contributed by atoms with van der Waals surface area (Å²) in [6, 6.07) is 0.244. The van der Waals surface area contributed by atoms with Gasteiger partial charge in [0.25, 0.3) is 0 Å². The smallest absolute Gasteiger partial charge is 0.410 e. The monoisotopic (exact) mass is 493 g/mol. The molecule has 0 aromatic carbocycles. The second kappa shape index (κ2) is 17.7. The summed E-state index contributed by atoms with van der Waals surface area (Å²) in [6.45, 7) is 18.7. The molecule has 2 aliphatic rings. The zero-order valence-corrected chi connectivity index (χ0v) is 23.7. The first-order chi connectivity index (χ1) is 16.2. The minimum atomic E-state index is -0.437. The Morgan fingerprint density at radius 3 is 1.34 bits per heavy atom. The summed E-state index contributed by atoms with van der Waals surface area (Å²) >= 11 is 0. The molecule has 2 amide bonds. The number of hydrogen-bond donors (Lipinski definition) is 1. The molecule has 200 valence electrons. The molecular formula is C25H49B2N3O5. The van der Waals surface area contributed by atoms with Crippen molar-refractivity contribution in [1.82, 2.24) is 9.80 Å². The van der Waals surface area contributed by atoms with Crippen LogP contribution in [0, 0.1) is 5.92 Å². The second-order valence-electron chi connectivity index (χ2n) is 10.6. The minimum absolute atomic E-state index is 0.218. The molecule has 2 heterocycles. The van der Waals surface area contributed by atoms with Gasteiger partial charge in [-0.3, -0.25) is 0 Å². The van der Waals surface area contributed by atoms with E-state index in [2.05, 4.69) is 15.7 Å². The molecule has 0 aliphatic carbocycles. The van der Waals surface area contributed by atoms with Gasteiger partial charge < -0.3 is 29.8 Å². The van der Waals surface area contributed by atoms with Gasteiger partial charge in [-0.15, -0.1) is 0 Å². The van der Waals surface area contributed by atoms with Gasteiger partial charge in [0.05, 0.1) is 15.7 Å². The summed E-state index contributed by atoms with van der Waals surface area (Å²) in [6.07, 6.45) is 3.74. The largest absolute Gasteiger partial charge is 0.444 e. The Bertz CT molecular complexity index is 605. The van der Waals surface area contributed by atoms with E-state index in [1.807, 2.05) is 41.5 Å². The molecule has 0 unspecified atom stereocenters. The molecule has 0 saturated carbocycles. The van der Waals surface area contributed by atoms with Gasteiger partial charge in [-0.2, -0.15) is 0 Å². The van der Waals surface area contributed by atoms with Crippen molar-refractivity contribution in [3.8, 4) is 0 Å². The molecule has 2 saturated heterocycles. The number of nitrogens with zero attached hydrogens (tertiary/aromatic N) is 2. The third-order valence-corrected chi connectivity index (χ3v) is 5.03. The first-order valence-corrected chi connectivity index (χ1v) is 12.5. The van der Waals surface area contributed by atoms with Crippen LogP contribution in [0.5, 0.6) is 0 Å². The lowest BCUT2D eigenvalue weighted by molar-refractivity contribution is -0.118. The lowest BCUT2D eigenvalue weighted by atomic mass is 9.92. The van der Waals surface area contributed by atoms with Crippen LogP contribution in [0.15, 0.2) is 0 Å². The molecule has 2 N–H and O–H groups in total. The van der Waals surface area contributed by atoms with E-state index < -0.39 is 11.2 Å². The molecule has 0 bridgehead atoms. The molecule has 0 aromatic heterocycles. The number of likely N-dealkylation sites (tertiary alicyclic amines) is 2. The predicted molar refractivity (Wildman–Crippen MR) is 144 cm³/mol. The molecule has 35 heavy (non-hydrogen) atoms. The Hall–Kier alpha value is -1.70. The number of Topliss-reactive ketones (excluding diaryl/α,β-unsaturated/α-hetero) is 1. The van der Waals surface area contributed by atoms with Crippen LogP contribution in [-0.4, -0.2) is 86.9 Å². The Morgan fingerprint density at radius 2 is 1.06 bits per heavy atom. The van der Waals surface area contributed by atoms with Crippen LogP contribution in [0.1, 0.15) is 80.6 Å². The number of carbonyl (C=O) groups is 3. The quantitative estimate of drug-likeness (QED) is 0.574. The maximum absolute atomic E-state index is 11.8. The summed E-state index contributed by atoms with van der Waals surface area (Å²) in [5, 5.41) is 0. The zero-order valence-electron chi connectivity index (χ0n) is 23.7. The van der Waals surface area contributed by atoms with Gasteiger partial charge in [0, 0.05) is 38.6 Å². The Balaban J connectivity index is 0. The first-order valence-electron chi connectivity index (χ1n) is 12.5. The lowest BCUT2D eigenvalue weighted by Crippen LogP contribution is -2.44. The molecule has 4 radical (unpaired) electrons. The molecule has 2 aliphatic heterocycles. The van der Waals surface area contributed by atoms with Crippen LogP contribution in [-0.2, 0) is 14.3 Å². The van der Waals surface area contributed by atoms with E-state index in [9.17, 15) is 14.4 Å². The van der Waals surface area contributed by atoms with Gasteiger partial charge in [-0.05, 0) is 80.1 Å². The maximum Gasteiger partial charge on any atom is 0.410 e. The van der Waals surface area contributed by atoms with Crippen molar-refractivity contribution in [2.75, 3.05) is 26.2 Å².